The van der Waals surface area contributed by atoms with Crippen molar-refractivity contribution < 1.29 is 0 Å². The molecular formula is C41H46Si. The SMILES string of the molecule is C=CCCC(C)(C)C1CC([Si](c2ccccc2)(c2ccccc2)C2C3C=CC=CC3C3C=CC=CC32)C2C=CC=CC21. The average molecular weight is 567 g/mol. The van der Waals surface area contributed by atoms with Gasteiger partial charge in [0, 0.05) is 0 Å². The Morgan fingerprint density at radius 3 is 1.60 bits per heavy atom. The lowest BCUT2D eigenvalue weighted by molar-refractivity contribution is 0.164. The van der Waals surface area contributed by atoms with Crippen molar-refractivity contribution >= 4 is 18.4 Å². The van der Waals surface area contributed by atoms with E-state index in [0.29, 0.717) is 52.5 Å². The van der Waals surface area contributed by atoms with E-state index < -0.39 is 8.07 Å². The molecule has 214 valence electrons. The molecule has 0 saturated heterocycles. The van der Waals surface area contributed by atoms with Gasteiger partial charge in [-0.25, -0.2) is 0 Å². The van der Waals surface area contributed by atoms with Gasteiger partial charge in [-0.1, -0.05) is 164 Å². The van der Waals surface area contributed by atoms with Gasteiger partial charge >= 0.3 is 0 Å². The molecular weight excluding hydrogens is 521 g/mol. The van der Waals surface area contributed by atoms with E-state index in [-0.39, 0.29) is 5.41 Å². The summed E-state index contributed by atoms with van der Waals surface area (Å²) in [6.45, 7) is 9.19. The van der Waals surface area contributed by atoms with E-state index in [1.807, 2.05) is 0 Å². The highest BCUT2D eigenvalue weighted by molar-refractivity contribution is 7.04. The normalized spacial score (nSPS) is 34.3. The Hall–Kier alpha value is -3.16. The molecule has 0 amide bonds. The fourth-order valence-corrected chi connectivity index (χ4v) is 17.7. The molecule has 8 atom stereocenters. The fourth-order valence-electron chi connectivity index (χ4n) is 10.3. The number of hydrogen-bond acceptors (Lipinski definition) is 0. The standard InChI is InChI=1S/C41H46Si/c1-4-5-28-41(2,3)38-29-39(35-25-15-14-24-34(35)38)42(30-18-8-6-9-19-30,31-20-10-7-11-21-31)40-36-26-16-12-22-32(36)33-23-13-17-27-37(33)40/h4,6-27,32-40H,1,5,28-29H2,2-3H3. The van der Waals surface area contributed by atoms with E-state index >= 15 is 0 Å². The third-order valence-corrected chi connectivity index (χ3v) is 18.2. The van der Waals surface area contributed by atoms with Crippen LogP contribution in [0.1, 0.15) is 33.1 Å². The minimum Gasteiger partial charge on any atom is -0.103 e. The first-order valence-electron chi connectivity index (χ1n) is 16.3. The molecule has 2 saturated carbocycles. The van der Waals surface area contributed by atoms with Crippen molar-refractivity contribution in [1.29, 1.82) is 0 Å². The van der Waals surface area contributed by atoms with Gasteiger partial charge in [0.1, 0.15) is 8.07 Å². The Balaban J connectivity index is 1.49. The molecule has 0 nitrogen and oxygen atoms in total. The summed E-state index contributed by atoms with van der Waals surface area (Å²) in [7, 11) is -2.43. The Morgan fingerprint density at radius 2 is 1.10 bits per heavy atom. The van der Waals surface area contributed by atoms with Crippen LogP contribution in [0.3, 0.4) is 0 Å². The van der Waals surface area contributed by atoms with Gasteiger partial charge in [0.25, 0.3) is 0 Å². The summed E-state index contributed by atoms with van der Waals surface area (Å²) in [5.74, 6) is 4.07. The maximum absolute atomic E-state index is 4.09. The summed E-state index contributed by atoms with van der Waals surface area (Å²) in [5, 5.41) is 3.28. The second kappa shape index (κ2) is 11.2. The lowest BCUT2D eigenvalue weighted by Gasteiger charge is -2.49. The molecule has 1 heteroatoms. The van der Waals surface area contributed by atoms with E-state index in [1.54, 1.807) is 10.4 Å². The van der Waals surface area contributed by atoms with Gasteiger partial charge in [-0.05, 0) is 77.2 Å². The minimum atomic E-state index is -2.43. The molecule has 42 heavy (non-hydrogen) atoms. The van der Waals surface area contributed by atoms with Crippen molar-refractivity contribution in [2.24, 2.45) is 46.8 Å². The predicted molar refractivity (Wildman–Crippen MR) is 183 cm³/mol. The first-order valence-corrected chi connectivity index (χ1v) is 18.5. The van der Waals surface area contributed by atoms with Crippen molar-refractivity contribution in [1.82, 2.24) is 0 Å². The summed E-state index contributed by atoms with van der Waals surface area (Å²) < 4.78 is 0. The average Bonchev–Trinajstić information content (AvgIpc) is 3.60. The van der Waals surface area contributed by atoms with Crippen molar-refractivity contribution in [3.05, 3.63) is 146 Å². The highest BCUT2D eigenvalue weighted by Crippen LogP contribution is 2.65. The van der Waals surface area contributed by atoms with Gasteiger partial charge in [-0.3, -0.25) is 0 Å². The van der Waals surface area contributed by atoms with Crippen LogP contribution in [0, 0.1) is 46.8 Å². The molecule has 8 unspecified atom stereocenters. The maximum atomic E-state index is 4.09. The summed E-state index contributed by atoms with van der Waals surface area (Å²) in [5.41, 5.74) is 1.49. The molecule has 2 aromatic carbocycles. The molecule has 7 rings (SSSR count). The largest absolute Gasteiger partial charge is 0.125 e. The summed E-state index contributed by atoms with van der Waals surface area (Å²) in [4.78, 5) is 0. The number of hydrogen-bond donors (Lipinski definition) is 0. The van der Waals surface area contributed by atoms with Crippen LogP contribution in [0.25, 0.3) is 0 Å². The number of rotatable bonds is 8. The van der Waals surface area contributed by atoms with E-state index in [0.717, 1.165) is 6.42 Å². The van der Waals surface area contributed by atoms with Gasteiger partial charge in [-0.2, -0.15) is 0 Å². The van der Waals surface area contributed by atoms with E-state index in [2.05, 4.69) is 160 Å². The lowest BCUT2D eigenvalue weighted by atomic mass is 9.69. The Morgan fingerprint density at radius 1 is 0.643 bits per heavy atom. The van der Waals surface area contributed by atoms with Crippen molar-refractivity contribution in [3.8, 4) is 0 Å². The molecule has 0 aromatic heterocycles. The van der Waals surface area contributed by atoms with Gasteiger partial charge in [0.05, 0.1) is 0 Å². The van der Waals surface area contributed by atoms with Crippen LogP contribution >= 0.6 is 0 Å². The topological polar surface area (TPSA) is 0 Å². The molecule has 0 bridgehead atoms. The predicted octanol–water partition coefficient (Wildman–Crippen LogP) is 9.09. The number of benzene rings is 2. The quantitative estimate of drug-likeness (QED) is 0.221. The van der Waals surface area contributed by atoms with Crippen LogP contribution < -0.4 is 10.4 Å². The zero-order chi connectivity index (χ0) is 28.7. The van der Waals surface area contributed by atoms with Crippen molar-refractivity contribution in [2.75, 3.05) is 0 Å². The van der Waals surface area contributed by atoms with Gasteiger partial charge in [0.15, 0.2) is 0 Å². The zero-order valence-electron chi connectivity index (χ0n) is 25.3. The molecule has 0 spiro atoms. The lowest BCUT2D eigenvalue weighted by Crippen LogP contribution is -2.67. The van der Waals surface area contributed by atoms with Crippen molar-refractivity contribution in [2.45, 2.75) is 44.2 Å². The Bertz CT molecular complexity index is 1380. The van der Waals surface area contributed by atoms with E-state index in [4.69, 9.17) is 0 Å². The molecule has 2 aromatic rings. The molecule has 5 aliphatic rings. The van der Waals surface area contributed by atoms with Crippen LogP contribution in [-0.4, -0.2) is 8.07 Å². The maximum Gasteiger partial charge on any atom is 0.125 e. The summed E-state index contributed by atoms with van der Waals surface area (Å²) in [6, 6.07) is 23.9. The minimum absolute atomic E-state index is 0.261. The van der Waals surface area contributed by atoms with Crippen LogP contribution in [-0.2, 0) is 0 Å². The smallest absolute Gasteiger partial charge is 0.103 e. The highest BCUT2D eigenvalue weighted by Gasteiger charge is 2.65. The molecule has 2 fully saturated rings. The third-order valence-electron chi connectivity index (χ3n) is 12.0. The van der Waals surface area contributed by atoms with Crippen LogP contribution in [0.5, 0.6) is 0 Å². The van der Waals surface area contributed by atoms with E-state index in [1.165, 1.54) is 12.8 Å². The number of fused-ring (bicyclic) bond motifs is 4. The number of allylic oxidation sites excluding steroid dienone is 13. The van der Waals surface area contributed by atoms with Crippen molar-refractivity contribution in [3.63, 3.8) is 0 Å². The van der Waals surface area contributed by atoms with Crippen LogP contribution in [0.2, 0.25) is 11.1 Å². The molecule has 0 aliphatic heterocycles. The second-order valence-corrected chi connectivity index (χ2v) is 18.5. The van der Waals surface area contributed by atoms with Gasteiger partial charge < -0.3 is 0 Å². The Labute approximate surface area is 255 Å². The second-order valence-electron chi connectivity index (χ2n) is 14.2. The zero-order valence-corrected chi connectivity index (χ0v) is 26.3. The Kier molecular flexibility index (Phi) is 7.35. The monoisotopic (exact) mass is 566 g/mol. The van der Waals surface area contributed by atoms with Gasteiger partial charge in [0.2, 0.25) is 0 Å². The fraction of sp³-hybridized carbons (Fsp3) is 0.366. The van der Waals surface area contributed by atoms with E-state index in [9.17, 15) is 0 Å². The first kappa shape index (κ1) is 27.7. The van der Waals surface area contributed by atoms with Gasteiger partial charge in [-0.15, -0.1) is 6.58 Å². The molecule has 5 aliphatic carbocycles. The summed E-state index contributed by atoms with van der Waals surface area (Å²) >= 11 is 0. The molecule has 0 N–H and O–H groups in total. The van der Waals surface area contributed by atoms with Crippen LogP contribution in [0.15, 0.2) is 146 Å². The first-order chi connectivity index (χ1) is 20.6. The van der Waals surface area contributed by atoms with Crippen LogP contribution in [0.4, 0.5) is 0 Å². The summed E-state index contributed by atoms with van der Waals surface area (Å²) in [6.07, 6.45) is 35.3. The molecule has 0 heterocycles. The molecule has 0 radical (unpaired) electrons. The third kappa shape index (κ3) is 4.30. The highest BCUT2D eigenvalue weighted by atomic mass is 28.3.